The van der Waals surface area contributed by atoms with Gasteiger partial charge in [0.15, 0.2) is 5.60 Å². The van der Waals surface area contributed by atoms with Crippen LogP contribution in [-0.2, 0) is 0 Å². The van der Waals surface area contributed by atoms with Crippen molar-refractivity contribution in [1.29, 1.82) is 5.26 Å². The monoisotopic (exact) mass is 111 g/mol. The summed E-state index contributed by atoms with van der Waals surface area (Å²) in [5.74, 6) is 0. The van der Waals surface area contributed by atoms with Crippen LogP contribution in [0.5, 0.6) is 0 Å². The maximum absolute atomic E-state index is 9.10. The number of hydrogen-bond acceptors (Lipinski definition) is 2. The van der Waals surface area contributed by atoms with Crippen LogP contribution in [0.15, 0.2) is 0 Å². The molecule has 1 N–H and O–H groups in total. The van der Waals surface area contributed by atoms with Gasteiger partial charge in [-0.1, -0.05) is 13.8 Å². The summed E-state index contributed by atoms with van der Waals surface area (Å²) < 4.78 is 0. The highest BCUT2D eigenvalue weighted by Crippen LogP contribution is 2.54. The Morgan fingerprint density at radius 1 is 1.62 bits per heavy atom. The quantitative estimate of drug-likeness (QED) is 0.467. The second-order valence-corrected chi connectivity index (χ2v) is 3.03. The summed E-state index contributed by atoms with van der Waals surface area (Å²) in [7, 11) is 0. The van der Waals surface area contributed by atoms with E-state index in [1.165, 1.54) is 0 Å². The molecule has 1 atom stereocenters. The molecule has 1 saturated carbocycles. The zero-order valence-corrected chi connectivity index (χ0v) is 5.10. The van der Waals surface area contributed by atoms with Crippen LogP contribution < -0.4 is 0 Å². The molecule has 0 spiro atoms. The highest BCUT2D eigenvalue weighted by atomic mass is 16.3. The van der Waals surface area contributed by atoms with E-state index in [9.17, 15) is 0 Å². The highest BCUT2D eigenvalue weighted by Gasteiger charge is 2.61. The number of nitriles is 1. The Morgan fingerprint density at radius 2 is 2.00 bits per heavy atom. The predicted octanol–water partition coefficient (Wildman–Crippen LogP) is 0.671. The normalized spacial score (nSPS) is 40.8. The minimum atomic E-state index is -1.01. The summed E-state index contributed by atoms with van der Waals surface area (Å²) in [6, 6.07) is 1.86. The highest BCUT2D eigenvalue weighted by molar-refractivity contribution is 5.23. The van der Waals surface area contributed by atoms with Gasteiger partial charge in [-0.25, -0.2) is 0 Å². The lowest BCUT2D eigenvalue weighted by atomic mass is 10.1. The average Bonchev–Trinajstić information content (AvgIpc) is 2.10. The van der Waals surface area contributed by atoms with Crippen LogP contribution in [0.25, 0.3) is 0 Å². The zero-order valence-electron chi connectivity index (χ0n) is 5.10. The Kier molecular flexibility index (Phi) is 0.739. The van der Waals surface area contributed by atoms with E-state index < -0.39 is 5.60 Å². The lowest BCUT2D eigenvalue weighted by Crippen LogP contribution is -2.11. The second-order valence-electron chi connectivity index (χ2n) is 3.03. The van der Waals surface area contributed by atoms with Gasteiger partial charge in [0.05, 0.1) is 6.07 Å². The Hall–Kier alpha value is -0.550. The molecule has 1 aliphatic carbocycles. The average molecular weight is 111 g/mol. The van der Waals surface area contributed by atoms with Crippen molar-refractivity contribution in [2.75, 3.05) is 0 Å². The second kappa shape index (κ2) is 1.06. The minimum absolute atomic E-state index is 0.151. The molecular weight excluding hydrogens is 102 g/mol. The molecule has 0 bridgehead atoms. The van der Waals surface area contributed by atoms with Gasteiger partial charge in [0, 0.05) is 5.41 Å². The maximum Gasteiger partial charge on any atom is 0.156 e. The molecule has 0 heterocycles. The molecule has 0 amide bonds. The van der Waals surface area contributed by atoms with E-state index in [2.05, 4.69) is 0 Å². The van der Waals surface area contributed by atoms with Gasteiger partial charge < -0.3 is 5.11 Å². The smallest absolute Gasteiger partial charge is 0.156 e. The van der Waals surface area contributed by atoms with Gasteiger partial charge in [-0.3, -0.25) is 0 Å². The van der Waals surface area contributed by atoms with Gasteiger partial charge >= 0.3 is 0 Å². The molecule has 1 aliphatic rings. The van der Waals surface area contributed by atoms with Gasteiger partial charge in [-0.05, 0) is 6.42 Å². The molecule has 0 aliphatic heterocycles. The molecule has 1 unspecified atom stereocenters. The van der Waals surface area contributed by atoms with Crippen molar-refractivity contribution in [1.82, 2.24) is 0 Å². The summed E-state index contributed by atoms with van der Waals surface area (Å²) in [6.07, 6.45) is 0.622. The first-order valence-electron chi connectivity index (χ1n) is 2.65. The minimum Gasteiger partial charge on any atom is -0.375 e. The van der Waals surface area contributed by atoms with Crippen LogP contribution in [0.4, 0.5) is 0 Å². The Labute approximate surface area is 48.7 Å². The number of aliphatic hydroxyl groups is 1. The van der Waals surface area contributed by atoms with E-state index in [0.29, 0.717) is 6.42 Å². The first-order chi connectivity index (χ1) is 3.52. The van der Waals surface area contributed by atoms with Crippen molar-refractivity contribution >= 4 is 0 Å². The van der Waals surface area contributed by atoms with Gasteiger partial charge in [0.1, 0.15) is 0 Å². The van der Waals surface area contributed by atoms with Gasteiger partial charge in [-0.2, -0.15) is 5.26 Å². The molecule has 44 valence electrons. The molecule has 0 aromatic heterocycles. The number of rotatable bonds is 0. The zero-order chi connectivity index (χ0) is 6.41. The number of nitrogens with zero attached hydrogens (tertiary/aromatic N) is 1. The fourth-order valence-corrected chi connectivity index (χ4v) is 0.786. The summed E-state index contributed by atoms with van der Waals surface area (Å²) in [6.45, 7) is 3.77. The first kappa shape index (κ1) is 5.58. The van der Waals surface area contributed by atoms with Crippen LogP contribution in [0, 0.1) is 16.7 Å². The lowest BCUT2D eigenvalue weighted by Gasteiger charge is -2.00. The Morgan fingerprint density at radius 3 is 2.00 bits per heavy atom. The van der Waals surface area contributed by atoms with Crippen molar-refractivity contribution < 1.29 is 5.11 Å². The van der Waals surface area contributed by atoms with E-state index in [1.807, 2.05) is 19.9 Å². The Balaban J connectivity index is 2.72. The molecule has 2 nitrogen and oxygen atoms in total. The molecule has 1 rings (SSSR count). The third-order valence-corrected chi connectivity index (χ3v) is 1.88. The van der Waals surface area contributed by atoms with E-state index in [4.69, 9.17) is 10.4 Å². The summed E-state index contributed by atoms with van der Waals surface area (Å²) in [5, 5.41) is 17.4. The molecule has 0 radical (unpaired) electrons. The molecule has 2 heteroatoms. The van der Waals surface area contributed by atoms with Crippen molar-refractivity contribution in [3.8, 4) is 6.07 Å². The standard InChI is InChI=1S/C6H9NO/c1-5(2)3-6(5,8)4-7/h8H,3H2,1-2H3. The Bertz CT molecular complexity index is 156. The van der Waals surface area contributed by atoms with E-state index in [1.54, 1.807) is 0 Å². The summed E-state index contributed by atoms with van der Waals surface area (Å²) >= 11 is 0. The van der Waals surface area contributed by atoms with Crippen molar-refractivity contribution in [2.45, 2.75) is 25.9 Å². The molecule has 0 aromatic carbocycles. The largest absolute Gasteiger partial charge is 0.375 e. The predicted molar refractivity (Wildman–Crippen MR) is 29.0 cm³/mol. The van der Waals surface area contributed by atoms with Crippen LogP contribution in [0.2, 0.25) is 0 Å². The molecule has 8 heavy (non-hydrogen) atoms. The van der Waals surface area contributed by atoms with Gasteiger partial charge in [-0.15, -0.1) is 0 Å². The molecular formula is C6H9NO. The maximum atomic E-state index is 9.10. The number of hydrogen-bond donors (Lipinski definition) is 1. The van der Waals surface area contributed by atoms with Crippen LogP contribution in [0.1, 0.15) is 20.3 Å². The van der Waals surface area contributed by atoms with Crippen LogP contribution in [-0.4, -0.2) is 10.7 Å². The lowest BCUT2D eigenvalue weighted by molar-refractivity contribution is 0.166. The third kappa shape index (κ3) is 0.452. The molecule has 0 saturated heterocycles. The van der Waals surface area contributed by atoms with Crippen LogP contribution in [0.3, 0.4) is 0 Å². The van der Waals surface area contributed by atoms with Crippen molar-refractivity contribution in [3.05, 3.63) is 0 Å². The van der Waals surface area contributed by atoms with Gasteiger partial charge in [0.2, 0.25) is 0 Å². The van der Waals surface area contributed by atoms with Crippen LogP contribution >= 0.6 is 0 Å². The topological polar surface area (TPSA) is 44.0 Å². The summed E-state index contributed by atoms with van der Waals surface area (Å²) in [4.78, 5) is 0. The molecule has 1 fully saturated rings. The summed E-state index contributed by atoms with van der Waals surface area (Å²) in [5.41, 5.74) is -1.16. The van der Waals surface area contributed by atoms with E-state index in [0.717, 1.165) is 0 Å². The third-order valence-electron chi connectivity index (χ3n) is 1.88. The van der Waals surface area contributed by atoms with E-state index >= 15 is 0 Å². The SMILES string of the molecule is CC1(C)CC1(O)C#N. The van der Waals surface area contributed by atoms with Crippen molar-refractivity contribution in [2.24, 2.45) is 5.41 Å². The first-order valence-corrected chi connectivity index (χ1v) is 2.65. The fourth-order valence-electron chi connectivity index (χ4n) is 0.786. The van der Waals surface area contributed by atoms with Crippen molar-refractivity contribution in [3.63, 3.8) is 0 Å². The van der Waals surface area contributed by atoms with Gasteiger partial charge in [0.25, 0.3) is 0 Å². The van der Waals surface area contributed by atoms with E-state index in [-0.39, 0.29) is 5.41 Å². The fraction of sp³-hybridized carbons (Fsp3) is 0.833. The molecule has 0 aromatic rings.